The normalized spacial score (nSPS) is 10.1. The standard InChI is InChI=1S/C8H12BrN3O/c1-3-4-10-8(13)7-6(9)5(2)11-12-7/h3-4H2,1-2H3,(H,10,13)(H,11,12). The second-order valence-corrected chi connectivity index (χ2v) is 3.56. The molecule has 0 fully saturated rings. The zero-order valence-electron chi connectivity index (χ0n) is 7.65. The first-order valence-electron chi connectivity index (χ1n) is 4.15. The maximum atomic E-state index is 11.4. The van der Waals surface area contributed by atoms with Crippen molar-refractivity contribution in [2.24, 2.45) is 0 Å². The van der Waals surface area contributed by atoms with E-state index in [0.29, 0.717) is 12.2 Å². The van der Waals surface area contributed by atoms with Crippen LogP contribution in [0.4, 0.5) is 0 Å². The van der Waals surface area contributed by atoms with Crippen molar-refractivity contribution in [2.45, 2.75) is 20.3 Å². The van der Waals surface area contributed by atoms with E-state index in [1.54, 1.807) is 0 Å². The Morgan fingerprint density at radius 1 is 1.69 bits per heavy atom. The number of carbonyl (C=O) groups excluding carboxylic acids is 1. The molecule has 0 aromatic carbocycles. The molecule has 0 aliphatic rings. The zero-order valence-corrected chi connectivity index (χ0v) is 9.23. The second kappa shape index (κ2) is 4.41. The molecule has 5 heteroatoms. The van der Waals surface area contributed by atoms with Gasteiger partial charge in [0, 0.05) is 12.2 Å². The third-order valence-corrected chi connectivity index (χ3v) is 2.59. The minimum atomic E-state index is -0.141. The first-order chi connectivity index (χ1) is 6.16. The van der Waals surface area contributed by atoms with Gasteiger partial charge in [-0.2, -0.15) is 5.10 Å². The van der Waals surface area contributed by atoms with Gasteiger partial charge in [-0.1, -0.05) is 6.92 Å². The molecular weight excluding hydrogens is 234 g/mol. The van der Waals surface area contributed by atoms with Crippen molar-refractivity contribution in [3.8, 4) is 0 Å². The third kappa shape index (κ3) is 2.30. The van der Waals surface area contributed by atoms with Crippen LogP contribution >= 0.6 is 15.9 Å². The SMILES string of the molecule is CCCNC(=O)c1n[nH]c(C)c1Br. The fraction of sp³-hybridized carbons (Fsp3) is 0.500. The van der Waals surface area contributed by atoms with Gasteiger partial charge in [-0.15, -0.1) is 0 Å². The molecule has 0 saturated carbocycles. The number of aromatic nitrogens is 2. The van der Waals surface area contributed by atoms with Crippen LogP contribution in [0.1, 0.15) is 29.5 Å². The van der Waals surface area contributed by atoms with Gasteiger partial charge in [-0.05, 0) is 29.3 Å². The molecule has 4 nitrogen and oxygen atoms in total. The summed E-state index contributed by atoms with van der Waals surface area (Å²) in [5, 5.41) is 9.37. The van der Waals surface area contributed by atoms with Gasteiger partial charge in [0.05, 0.1) is 4.47 Å². The highest BCUT2D eigenvalue weighted by atomic mass is 79.9. The summed E-state index contributed by atoms with van der Waals surface area (Å²) in [6, 6.07) is 0. The molecule has 1 amide bonds. The minimum absolute atomic E-state index is 0.141. The third-order valence-electron chi connectivity index (χ3n) is 1.62. The Morgan fingerprint density at radius 2 is 2.38 bits per heavy atom. The molecule has 0 aliphatic heterocycles. The molecule has 0 saturated heterocycles. The number of amides is 1. The number of carbonyl (C=O) groups is 1. The Morgan fingerprint density at radius 3 is 2.85 bits per heavy atom. The van der Waals surface area contributed by atoms with Crippen LogP contribution in [-0.4, -0.2) is 22.6 Å². The van der Waals surface area contributed by atoms with E-state index >= 15 is 0 Å². The van der Waals surface area contributed by atoms with Crippen LogP contribution in [0.5, 0.6) is 0 Å². The summed E-state index contributed by atoms with van der Waals surface area (Å²) in [6.07, 6.45) is 0.923. The van der Waals surface area contributed by atoms with E-state index in [2.05, 4.69) is 31.4 Å². The first-order valence-corrected chi connectivity index (χ1v) is 4.94. The molecule has 0 spiro atoms. The van der Waals surface area contributed by atoms with Gasteiger partial charge in [0.25, 0.3) is 5.91 Å². The number of nitrogens with one attached hydrogen (secondary N) is 2. The van der Waals surface area contributed by atoms with Crippen molar-refractivity contribution >= 4 is 21.8 Å². The number of aromatic amines is 1. The summed E-state index contributed by atoms with van der Waals surface area (Å²) >= 11 is 3.29. The van der Waals surface area contributed by atoms with Gasteiger partial charge in [0.1, 0.15) is 0 Å². The Labute approximate surface area is 85.2 Å². The lowest BCUT2D eigenvalue weighted by atomic mass is 10.3. The average Bonchev–Trinajstić information content (AvgIpc) is 2.44. The molecule has 13 heavy (non-hydrogen) atoms. The van der Waals surface area contributed by atoms with Crippen molar-refractivity contribution < 1.29 is 4.79 Å². The van der Waals surface area contributed by atoms with Crippen molar-refractivity contribution in [1.82, 2.24) is 15.5 Å². The molecule has 0 atom stereocenters. The monoisotopic (exact) mass is 245 g/mol. The fourth-order valence-electron chi connectivity index (χ4n) is 0.888. The number of rotatable bonds is 3. The number of hydrogen-bond acceptors (Lipinski definition) is 2. The molecule has 0 unspecified atom stereocenters. The summed E-state index contributed by atoms with van der Waals surface area (Å²) < 4.78 is 0.737. The molecule has 0 aliphatic carbocycles. The highest BCUT2D eigenvalue weighted by Crippen LogP contribution is 2.17. The van der Waals surface area contributed by atoms with Gasteiger partial charge < -0.3 is 5.32 Å². The summed E-state index contributed by atoms with van der Waals surface area (Å²) in [5.74, 6) is -0.141. The average molecular weight is 246 g/mol. The van der Waals surface area contributed by atoms with Crippen LogP contribution < -0.4 is 5.32 Å². The van der Waals surface area contributed by atoms with E-state index in [9.17, 15) is 4.79 Å². The number of nitrogens with zero attached hydrogens (tertiary/aromatic N) is 1. The van der Waals surface area contributed by atoms with Crippen LogP contribution in [0.25, 0.3) is 0 Å². The van der Waals surface area contributed by atoms with Gasteiger partial charge in [-0.25, -0.2) is 0 Å². The smallest absolute Gasteiger partial charge is 0.272 e. The Kier molecular flexibility index (Phi) is 3.48. The maximum absolute atomic E-state index is 11.4. The van der Waals surface area contributed by atoms with Crippen LogP contribution in [-0.2, 0) is 0 Å². The molecule has 2 N–H and O–H groups in total. The summed E-state index contributed by atoms with van der Waals surface area (Å²) in [5.41, 5.74) is 1.28. The van der Waals surface area contributed by atoms with Gasteiger partial charge in [0.2, 0.25) is 0 Å². The van der Waals surface area contributed by atoms with E-state index < -0.39 is 0 Å². The largest absolute Gasteiger partial charge is 0.351 e. The highest BCUT2D eigenvalue weighted by Gasteiger charge is 2.14. The van der Waals surface area contributed by atoms with Gasteiger partial charge in [-0.3, -0.25) is 9.89 Å². The molecule has 0 radical (unpaired) electrons. The van der Waals surface area contributed by atoms with Crippen LogP contribution in [0, 0.1) is 6.92 Å². The Hall–Kier alpha value is -0.840. The van der Waals surface area contributed by atoms with E-state index in [4.69, 9.17) is 0 Å². The molecular formula is C8H12BrN3O. The lowest BCUT2D eigenvalue weighted by molar-refractivity contribution is 0.0948. The lowest BCUT2D eigenvalue weighted by Crippen LogP contribution is -2.24. The summed E-state index contributed by atoms with van der Waals surface area (Å²) in [4.78, 5) is 11.4. The zero-order chi connectivity index (χ0) is 9.84. The summed E-state index contributed by atoms with van der Waals surface area (Å²) in [7, 11) is 0. The number of aryl methyl sites for hydroxylation is 1. The fourth-order valence-corrected chi connectivity index (χ4v) is 1.25. The molecule has 1 aromatic rings. The first kappa shape index (κ1) is 10.2. The van der Waals surface area contributed by atoms with Crippen molar-refractivity contribution in [1.29, 1.82) is 0 Å². The molecule has 72 valence electrons. The lowest BCUT2D eigenvalue weighted by Gasteiger charge is -1.99. The predicted octanol–water partition coefficient (Wildman–Crippen LogP) is 1.62. The number of hydrogen-bond donors (Lipinski definition) is 2. The van der Waals surface area contributed by atoms with E-state index in [1.165, 1.54) is 0 Å². The van der Waals surface area contributed by atoms with E-state index in [1.807, 2.05) is 13.8 Å². The molecule has 1 rings (SSSR count). The van der Waals surface area contributed by atoms with E-state index in [0.717, 1.165) is 16.6 Å². The van der Waals surface area contributed by atoms with Crippen molar-refractivity contribution in [2.75, 3.05) is 6.54 Å². The predicted molar refractivity (Wildman–Crippen MR) is 53.6 cm³/mol. The molecule has 1 aromatic heterocycles. The highest BCUT2D eigenvalue weighted by molar-refractivity contribution is 9.10. The summed E-state index contributed by atoms with van der Waals surface area (Å²) in [6.45, 7) is 4.54. The Bertz CT molecular complexity index is 308. The van der Waals surface area contributed by atoms with Gasteiger partial charge >= 0.3 is 0 Å². The number of halogens is 1. The molecule has 0 bridgehead atoms. The van der Waals surface area contributed by atoms with Crippen LogP contribution in [0.2, 0.25) is 0 Å². The maximum Gasteiger partial charge on any atom is 0.272 e. The number of H-pyrrole nitrogens is 1. The quantitative estimate of drug-likeness (QED) is 0.851. The topological polar surface area (TPSA) is 57.8 Å². The van der Waals surface area contributed by atoms with Crippen LogP contribution in [0.15, 0.2) is 4.47 Å². The molecule has 1 heterocycles. The van der Waals surface area contributed by atoms with Crippen molar-refractivity contribution in [3.05, 3.63) is 15.9 Å². The van der Waals surface area contributed by atoms with E-state index in [-0.39, 0.29) is 5.91 Å². The van der Waals surface area contributed by atoms with Gasteiger partial charge in [0.15, 0.2) is 5.69 Å². The Balaban J connectivity index is 2.71. The second-order valence-electron chi connectivity index (χ2n) is 2.77. The van der Waals surface area contributed by atoms with Crippen molar-refractivity contribution in [3.63, 3.8) is 0 Å². The minimum Gasteiger partial charge on any atom is -0.351 e. The van der Waals surface area contributed by atoms with Crippen LogP contribution in [0.3, 0.4) is 0 Å².